The Morgan fingerprint density at radius 3 is 2.92 bits per heavy atom. The molecule has 1 aromatic carbocycles. The van der Waals surface area contributed by atoms with Gasteiger partial charge in [-0.05, 0) is 45.1 Å². The van der Waals surface area contributed by atoms with E-state index in [4.69, 9.17) is 11.6 Å². The van der Waals surface area contributed by atoms with E-state index in [-0.39, 0.29) is 0 Å². The molecule has 0 aliphatic rings. The van der Waals surface area contributed by atoms with Crippen LogP contribution in [0.15, 0.2) is 26.9 Å². The van der Waals surface area contributed by atoms with Crippen molar-refractivity contribution in [2.45, 2.75) is 10.8 Å². The summed E-state index contributed by atoms with van der Waals surface area (Å²) < 4.78 is 2.37. The first-order valence-electron chi connectivity index (χ1n) is 3.68. The van der Waals surface area contributed by atoms with Crippen molar-refractivity contribution >= 4 is 61.6 Å². The second kappa shape index (κ2) is 3.81. The van der Waals surface area contributed by atoms with Crippen LogP contribution in [0.5, 0.6) is 0 Å². The Kier molecular flexibility index (Phi) is 2.88. The van der Waals surface area contributed by atoms with Crippen LogP contribution in [0.4, 0.5) is 0 Å². The van der Waals surface area contributed by atoms with Crippen molar-refractivity contribution in [2.24, 2.45) is 0 Å². The van der Waals surface area contributed by atoms with E-state index in [1.807, 2.05) is 6.07 Å². The molecule has 68 valence electrons. The van der Waals surface area contributed by atoms with Crippen LogP contribution in [0.25, 0.3) is 10.1 Å². The molecule has 0 bridgehead atoms. The van der Waals surface area contributed by atoms with Gasteiger partial charge in [0.05, 0.1) is 3.79 Å². The number of hydrogen-bond donors (Lipinski definition) is 1. The van der Waals surface area contributed by atoms with Gasteiger partial charge in [0.1, 0.15) is 0 Å². The summed E-state index contributed by atoms with van der Waals surface area (Å²) in [5, 5.41) is 1.21. The van der Waals surface area contributed by atoms with E-state index < -0.39 is 0 Å². The molecule has 0 unspecified atom stereocenters. The zero-order valence-electron chi connectivity index (χ0n) is 6.55. The fourth-order valence-electron chi connectivity index (χ4n) is 1.23. The summed E-state index contributed by atoms with van der Waals surface area (Å²) in [7, 11) is 0. The molecule has 2 aromatic rings. The van der Waals surface area contributed by atoms with Gasteiger partial charge >= 0.3 is 0 Å². The highest BCUT2D eigenvalue weighted by Crippen LogP contribution is 2.37. The van der Waals surface area contributed by atoms with Crippen LogP contribution in [0, 0.1) is 0 Å². The Hall–Kier alpha value is 0.300. The summed E-state index contributed by atoms with van der Waals surface area (Å²) in [5.74, 6) is 0.539. The predicted octanol–water partition coefficient (Wildman–Crippen LogP) is 4.69. The van der Waals surface area contributed by atoms with E-state index in [2.05, 4.69) is 40.7 Å². The molecule has 0 fully saturated rings. The lowest BCUT2D eigenvalue weighted by Crippen LogP contribution is -1.74. The maximum absolute atomic E-state index is 5.86. The molecule has 0 nitrogen and oxygen atoms in total. The minimum Gasteiger partial charge on any atom is -0.143 e. The first-order chi connectivity index (χ1) is 6.22. The Morgan fingerprint density at radius 1 is 1.46 bits per heavy atom. The van der Waals surface area contributed by atoms with Crippen molar-refractivity contribution < 1.29 is 0 Å². The topological polar surface area (TPSA) is 0 Å². The molecule has 0 amide bonds. The zero-order valence-corrected chi connectivity index (χ0v) is 10.6. The summed E-state index contributed by atoms with van der Waals surface area (Å²) in [6.45, 7) is 0. The van der Waals surface area contributed by atoms with Crippen molar-refractivity contribution in [2.75, 3.05) is 0 Å². The molecule has 1 aromatic heterocycles. The minimum atomic E-state index is 0.539. The molecule has 0 radical (unpaired) electrons. The SMILES string of the molecule is Sc1ccc2sc(Br)c(CCl)c2c1. The molecule has 4 heteroatoms. The number of thiol groups is 1. The van der Waals surface area contributed by atoms with Crippen LogP contribution in [0.3, 0.4) is 0 Å². The summed E-state index contributed by atoms with van der Waals surface area (Å²) >= 11 is 15.4. The van der Waals surface area contributed by atoms with Crippen molar-refractivity contribution in [3.05, 3.63) is 27.5 Å². The summed E-state index contributed by atoms with van der Waals surface area (Å²) in [5.41, 5.74) is 1.16. The summed E-state index contributed by atoms with van der Waals surface area (Å²) in [4.78, 5) is 0.976. The standard InChI is InChI=1S/C9H6BrClS2/c10-9-7(4-11)6-3-5(12)1-2-8(6)13-9/h1-3,12H,4H2. The van der Waals surface area contributed by atoms with Gasteiger partial charge in [-0.3, -0.25) is 0 Å². The Balaban J connectivity index is 2.80. The van der Waals surface area contributed by atoms with E-state index in [0.29, 0.717) is 5.88 Å². The fraction of sp³-hybridized carbons (Fsp3) is 0.111. The van der Waals surface area contributed by atoms with Gasteiger partial charge in [0.15, 0.2) is 0 Å². The number of fused-ring (bicyclic) bond motifs is 1. The maximum atomic E-state index is 5.86. The average Bonchev–Trinajstić information content (AvgIpc) is 2.40. The van der Waals surface area contributed by atoms with Gasteiger partial charge in [-0.15, -0.1) is 35.6 Å². The lowest BCUT2D eigenvalue weighted by Gasteiger charge is -1.94. The number of halogens is 2. The second-order valence-corrected chi connectivity index (χ2v) is 5.82. The number of hydrogen-bond acceptors (Lipinski definition) is 2. The van der Waals surface area contributed by atoms with E-state index in [1.165, 1.54) is 10.1 Å². The highest BCUT2D eigenvalue weighted by atomic mass is 79.9. The third-order valence-corrected chi connectivity index (χ3v) is 4.37. The summed E-state index contributed by atoms with van der Waals surface area (Å²) in [6, 6.07) is 6.12. The van der Waals surface area contributed by atoms with Gasteiger partial charge in [0.2, 0.25) is 0 Å². The molecule has 13 heavy (non-hydrogen) atoms. The van der Waals surface area contributed by atoms with Gasteiger partial charge in [-0.2, -0.15) is 0 Å². The smallest absolute Gasteiger partial charge is 0.0755 e. The third-order valence-electron chi connectivity index (χ3n) is 1.86. The molecule has 2 rings (SSSR count). The number of alkyl halides is 1. The third kappa shape index (κ3) is 1.75. The van der Waals surface area contributed by atoms with Gasteiger partial charge in [0.25, 0.3) is 0 Å². The van der Waals surface area contributed by atoms with Crippen molar-refractivity contribution in [1.29, 1.82) is 0 Å². The Morgan fingerprint density at radius 2 is 2.23 bits per heavy atom. The van der Waals surface area contributed by atoms with E-state index in [9.17, 15) is 0 Å². The summed E-state index contributed by atoms with van der Waals surface area (Å²) in [6.07, 6.45) is 0. The van der Waals surface area contributed by atoms with Crippen LogP contribution in [0.2, 0.25) is 0 Å². The molecular formula is C9H6BrClS2. The molecule has 1 heterocycles. The molecule has 0 N–H and O–H groups in total. The van der Waals surface area contributed by atoms with Crippen LogP contribution >= 0.6 is 51.5 Å². The predicted molar refractivity (Wildman–Crippen MR) is 66.3 cm³/mol. The molecule has 0 aliphatic heterocycles. The molecule has 0 spiro atoms. The zero-order chi connectivity index (χ0) is 9.42. The number of rotatable bonds is 1. The first kappa shape index (κ1) is 9.84. The van der Waals surface area contributed by atoms with E-state index in [1.54, 1.807) is 11.3 Å². The molecule has 0 atom stereocenters. The van der Waals surface area contributed by atoms with Crippen molar-refractivity contribution in [3.63, 3.8) is 0 Å². The molecular weight excluding hydrogens is 288 g/mol. The van der Waals surface area contributed by atoms with Crippen molar-refractivity contribution in [3.8, 4) is 0 Å². The Bertz CT molecular complexity index is 450. The van der Waals surface area contributed by atoms with E-state index >= 15 is 0 Å². The first-order valence-corrected chi connectivity index (χ1v) is 6.27. The number of benzene rings is 1. The highest BCUT2D eigenvalue weighted by molar-refractivity contribution is 9.11. The van der Waals surface area contributed by atoms with Gasteiger partial charge in [0, 0.05) is 15.5 Å². The van der Waals surface area contributed by atoms with Crippen LogP contribution < -0.4 is 0 Å². The van der Waals surface area contributed by atoms with Crippen LogP contribution in [-0.2, 0) is 5.88 Å². The van der Waals surface area contributed by atoms with Crippen molar-refractivity contribution in [1.82, 2.24) is 0 Å². The fourth-order valence-corrected chi connectivity index (χ4v) is 3.76. The van der Waals surface area contributed by atoms with Gasteiger partial charge in [-0.25, -0.2) is 0 Å². The van der Waals surface area contributed by atoms with Crippen LogP contribution in [-0.4, -0.2) is 0 Å². The largest absolute Gasteiger partial charge is 0.143 e. The molecule has 0 aliphatic carbocycles. The lowest BCUT2D eigenvalue weighted by molar-refractivity contribution is 1.45. The van der Waals surface area contributed by atoms with E-state index in [0.717, 1.165) is 14.2 Å². The van der Waals surface area contributed by atoms with Gasteiger partial charge in [-0.1, -0.05) is 0 Å². The average molecular weight is 294 g/mol. The number of thiophene rings is 1. The quantitative estimate of drug-likeness (QED) is 0.572. The normalized spacial score (nSPS) is 11.0. The lowest BCUT2D eigenvalue weighted by atomic mass is 10.2. The molecule has 0 saturated heterocycles. The Labute approximate surface area is 99.4 Å². The molecule has 0 saturated carbocycles. The van der Waals surface area contributed by atoms with Crippen LogP contribution in [0.1, 0.15) is 5.56 Å². The maximum Gasteiger partial charge on any atom is 0.0755 e. The van der Waals surface area contributed by atoms with Gasteiger partial charge < -0.3 is 0 Å². The second-order valence-electron chi connectivity index (χ2n) is 2.67. The highest BCUT2D eigenvalue weighted by Gasteiger charge is 2.08. The minimum absolute atomic E-state index is 0.539. The monoisotopic (exact) mass is 292 g/mol.